The lowest BCUT2D eigenvalue weighted by atomic mass is 9.94. The number of amides is 1. The Labute approximate surface area is 203 Å². The average Bonchev–Trinajstić information content (AvgIpc) is 3.43. The van der Waals surface area contributed by atoms with Crippen molar-refractivity contribution in [1.82, 2.24) is 4.90 Å². The van der Waals surface area contributed by atoms with E-state index in [1.807, 2.05) is 13.8 Å². The Balaban J connectivity index is 1.90. The fourth-order valence-corrected chi connectivity index (χ4v) is 4.99. The van der Waals surface area contributed by atoms with Crippen molar-refractivity contribution < 1.29 is 29.3 Å². The van der Waals surface area contributed by atoms with Crippen LogP contribution in [0.15, 0.2) is 42.0 Å². The lowest BCUT2D eigenvalue weighted by molar-refractivity contribution is -0.141. The van der Waals surface area contributed by atoms with E-state index in [1.54, 1.807) is 29.2 Å². The second-order valence-corrected chi connectivity index (χ2v) is 8.79. The maximum Gasteiger partial charge on any atom is 0.295 e. The number of phenols is 1. The molecule has 180 valence electrons. The van der Waals surface area contributed by atoms with Crippen molar-refractivity contribution in [2.45, 2.75) is 51.6 Å². The summed E-state index contributed by atoms with van der Waals surface area (Å²) in [6, 6.07) is 8.58. The van der Waals surface area contributed by atoms with Crippen LogP contribution in [0.5, 0.6) is 17.2 Å². The van der Waals surface area contributed by atoms with E-state index >= 15 is 0 Å². The van der Waals surface area contributed by atoms with Gasteiger partial charge >= 0.3 is 0 Å². The smallest absolute Gasteiger partial charge is 0.295 e. The monoisotopic (exact) mass is 485 g/mol. The topological polar surface area (TPSA) is 96.3 Å². The summed E-state index contributed by atoms with van der Waals surface area (Å²) in [6.07, 6.45) is 3.49. The van der Waals surface area contributed by atoms with E-state index < -0.39 is 17.7 Å². The predicted molar refractivity (Wildman–Crippen MR) is 128 cm³/mol. The molecule has 0 radical (unpaired) electrons. The number of Topliss-reactive ketones (excluding diaryl/α,β-unsaturated/α-hetero) is 1. The molecule has 0 bridgehead atoms. The Morgan fingerprint density at radius 3 is 2.41 bits per heavy atom. The van der Waals surface area contributed by atoms with Gasteiger partial charge in [-0.3, -0.25) is 9.59 Å². The summed E-state index contributed by atoms with van der Waals surface area (Å²) in [5.74, 6) is -0.911. The molecule has 2 N–H and O–H groups in total. The van der Waals surface area contributed by atoms with Crippen molar-refractivity contribution in [3.63, 3.8) is 0 Å². The van der Waals surface area contributed by atoms with Crippen LogP contribution in [0.4, 0.5) is 0 Å². The molecule has 2 aliphatic rings. The number of aromatic hydroxyl groups is 1. The molecule has 1 saturated carbocycles. The number of benzene rings is 2. The highest BCUT2D eigenvalue weighted by molar-refractivity contribution is 6.46. The van der Waals surface area contributed by atoms with Crippen LogP contribution in [0, 0.1) is 0 Å². The van der Waals surface area contributed by atoms with Crippen LogP contribution in [0.3, 0.4) is 0 Å². The third-order valence-corrected chi connectivity index (χ3v) is 6.61. The Bertz CT molecular complexity index is 1140. The number of likely N-dealkylation sites (tertiary alicyclic amines) is 1. The van der Waals surface area contributed by atoms with Crippen LogP contribution in [0.1, 0.15) is 56.7 Å². The molecule has 1 aliphatic carbocycles. The van der Waals surface area contributed by atoms with Gasteiger partial charge < -0.3 is 24.6 Å². The van der Waals surface area contributed by atoms with Gasteiger partial charge in [-0.15, -0.1) is 0 Å². The van der Waals surface area contributed by atoms with Gasteiger partial charge in [0.05, 0.1) is 35.4 Å². The second-order valence-electron chi connectivity index (χ2n) is 8.38. The molecule has 7 nitrogen and oxygen atoms in total. The number of ketones is 1. The van der Waals surface area contributed by atoms with E-state index in [0.717, 1.165) is 25.7 Å². The Morgan fingerprint density at radius 1 is 1.06 bits per heavy atom. The summed E-state index contributed by atoms with van der Waals surface area (Å²) >= 11 is 6.18. The maximum atomic E-state index is 13.3. The minimum atomic E-state index is -0.831. The predicted octanol–water partition coefficient (Wildman–Crippen LogP) is 5.21. The first-order valence-electron chi connectivity index (χ1n) is 11.6. The van der Waals surface area contributed by atoms with Crippen molar-refractivity contribution in [3.8, 4) is 17.2 Å². The van der Waals surface area contributed by atoms with E-state index in [-0.39, 0.29) is 28.1 Å². The molecule has 2 aromatic carbocycles. The zero-order valence-electron chi connectivity index (χ0n) is 19.2. The lowest BCUT2D eigenvalue weighted by Gasteiger charge is -2.31. The van der Waals surface area contributed by atoms with Gasteiger partial charge in [0.1, 0.15) is 23.0 Å². The molecule has 0 aromatic heterocycles. The quantitative estimate of drug-likeness (QED) is 0.317. The van der Waals surface area contributed by atoms with Gasteiger partial charge in [-0.25, -0.2) is 0 Å². The number of nitrogens with zero attached hydrogens (tertiary/aromatic N) is 1. The Morgan fingerprint density at radius 2 is 1.76 bits per heavy atom. The van der Waals surface area contributed by atoms with Crippen molar-refractivity contribution in [1.29, 1.82) is 0 Å². The van der Waals surface area contributed by atoms with Gasteiger partial charge in [0.15, 0.2) is 0 Å². The third-order valence-electron chi connectivity index (χ3n) is 6.30. The number of hydrogen-bond donors (Lipinski definition) is 2. The standard InChI is InChI=1S/C26H28ClNO6/c1-3-33-17-10-11-18(21(14-17)34-4-2)24(30)22-23(15-9-12-20(29)19(27)13-15)28(26(32)25(22)31)16-7-5-6-8-16/h9-14,16,23,29-30H,3-8H2,1-2H3/b24-22-. The Hall–Kier alpha value is -3.19. The maximum absolute atomic E-state index is 13.3. The summed E-state index contributed by atoms with van der Waals surface area (Å²) in [5.41, 5.74) is 0.813. The van der Waals surface area contributed by atoms with Crippen LogP contribution in [0.2, 0.25) is 5.02 Å². The van der Waals surface area contributed by atoms with E-state index in [1.165, 1.54) is 12.1 Å². The first kappa shape index (κ1) is 24.0. The second kappa shape index (κ2) is 9.97. The molecule has 1 amide bonds. The van der Waals surface area contributed by atoms with Gasteiger partial charge in [-0.2, -0.15) is 0 Å². The van der Waals surface area contributed by atoms with E-state index in [9.17, 15) is 19.8 Å². The number of rotatable bonds is 7. The van der Waals surface area contributed by atoms with Crippen molar-refractivity contribution in [2.24, 2.45) is 0 Å². The molecule has 1 unspecified atom stereocenters. The number of phenolic OH excluding ortho intramolecular Hbond substituents is 1. The molecule has 0 spiro atoms. The molecule has 1 heterocycles. The van der Waals surface area contributed by atoms with Gasteiger partial charge in [-0.1, -0.05) is 30.5 Å². The fourth-order valence-electron chi connectivity index (χ4n) is 4.80. The normalized spacial score (nSPS) is 20.2. The summed E-state index contributed by atoms with van der Waals surface area (Å²) in [5, 5.41) is 21.4. The highest BCUT2D eigenvalue weighted by atomic mass is 35.5. The minimum Gasteiger partial charge on any atom is -0.507 e. The number of ether oxygens (including phenoxy) is 2. The molecule has 2 fully saturated rings. The lowest BCUT2D eigenvalue weighted by Crippen LogP contribution is -2.37. The van der Waals surface area contributed by atoms with Gasteiger partial charge in [0.25, 0.3) is 11.7 Å². The Kier molecular flexibility index (Phi) is 7.03. The third kappa shape index (κ3) is 4.32. The first-order chi connectivity index (χ1) is 16.4. The number of carbonyl (C=O) groups is 2. The molecule has 4 rings (SSSR count). The molecular weight excluding hydrogens is 458 g/mol. The zero-order chi connectivity index (χ0) is 24.4. The number of carbonyl (C=O) groups excluding carboxylic acids is 2. The van der Waals surface area contributed by atoms with Crippen molar-refractivity contribution in [2.75, 3.05) is 13.2 Å². The zero-order valence-corrected chi connectivity index (χ0v) is 20.0. The molecule has 34 heavy (non-hydrogen) atoms. The number of aliphatic hydroxyl groups is 1. The van der Waals surface area contributed by atoms with Crippen LogP contribution in [-0.4, -0.2) is 46.1 Å². The highest BCUT2D eigenvalue weighted by Crippen LogP contribution is 2.45. The largest absolute Gasteiger partial charge is 0.507 e. The van der Waals surface area contributed by atoms with Crippen molar-refractivity contribution >= 4 is 29.1 Å². The van der Waals surface area contributed by atoms with Crippen LogP contribution >= 0.6 is 11.6 Å². The molecule has 1 saturated heterocycles. The van der Waals surface area contributed by atoms with Gasteiger partial charge in [0.2, 0.25) is 0 Å². The SMILES string of the molecule is CCOc1ccc(/C(O)=C2/C(=O)C(=O)N(C3CCCC3)C2c2ccc(O)c(Cl)c2)c(OCC)c1. The molecule has 2 aromatic rings. The van der Waals surface area contributed by atoms with Gasteiger partial charge in [-0.05, 0) is 56.5 Å². The molecule has 1 atom stereocenters. The molecule has 8 heteroatoms. The molecule has 1 aliphatic heterocycles. The number of halogens is 1. The average molecular weight is 486 g/mol. The summed E-state index contributed by atoms with van der Waals surface area (Å²) in [7, 11) is 0. The summed E-state index contributed by atoms with van der Waals surface area (Å²) in [6.45, 7) is 4.48. The van der Waals surface area contributed by atoms with E-state index in [0.29, 0.717) is 35.8 Å². The van der Waals surface area contributed by atoms with Gasteiger partial charge in [0, 0.05) is 12.1 Å². The number of aliphatic hydroxyl groups excluding tert-OH is 1. The van der Waals surface area contributed by atoms with Crippen LogP contribution < -0.4 is 9.47 Å². The number of hydrogen-bond acceptors (Lipinski definition) is 6. The first-order valence-corrected chi connectivity index (χ1v) is 11.9. The summed E-state index contributed by atoms with van der Waals surface area (Å²) < 4.78 is 11.3. The highest BCUT2D eigenvalue weighted by Gasteiger charge is 2.49. The van der Waals surface area contributed by atoms with Crippen LogP contribution in [-0.2, 0) is 9.59 Å². The molecular formula is C26H28ClNO6. The van der Waals surface area contributed by atoms with E-state index in [4.69, 9.17) is 21.1 Å². The fraction of sp³-hybridized carbons (Fsp3) is 0.385. The van der Waals surface area contributed by atoms with E-state index in [2.05, 4.69) is 0 Å². The van der Waals surface area contributed by atoms with Crippen molar-refractivity contribution in [3.05, 3.63) is 58.1 Å². The van der Waals surface area contributed by atoms with Crippen LogP contribution in [0.25, 0.3) is 5.76 Å². The minimum absolute atomic E-state index is 0.0243. The summed E-state index contributed by atoms with van der Waals surface area (Å²) in [4.78, 5) is 28.1.